The lowest BCUT2D eigenvalue weighted by atomic mass is 10.0. The first kappa shape index (κ1) is 37.7. The maximum atomic E-state index is 12.7. The van der Waals surface area contributed by atoms with E-state index in [1.54, 1.807) is 0 Å². The van der Waals surface area contributed by atoms with E-state index in [9.17, 15) is 9.59 Å². The van der Waals surface area contributed by atoms with E-state index in [2.05, 4.69) is 27.4 Å². The smallest absolute Gasteiger partial charge is 0.229 e. The predicted octanol–water partition coefficient (Wildman–Crippen LogP) is 2.98. The van der Waals surface area contributed by atoms with E-state index in [1.165, 1.54) is 17.3 Å². The Labute approximate surface area is 272 Å². The van der Waals surface area contributed by atoms with Gasteiger partial charge in [0.2, 0.25) is 12.3 Å². The molecule has 0 radical (unpaired) electrons. The largest absolute Gasteiger partial charge is 0.398 e. The van der Waals surface area contributed by atoms with Gasteiger partial charge in [0, 0.05) is 48.5 Å². The number of amides is 2. The molecule has 248 valence electrons. The normalized spacial score (nSPS) is 16.3. The van der Waals surface area contributed by atoms with Crippen molar-refractivity contribution in [2.45, 2.75) is 39.5 Å². The summed E-state index contributed by atoms with van der Waals surface area (Å²) in [4.78, 5) is 36.4. The van der Waals surface area contributed by atoms with Gasteiger partial charge in [-0.05, 0) is 74.6 Å². The van der Waals surface area contributed by atoms with Gasteiger partial charge in [-0.1, -0.05) is 42.0 Å². The lowest BCUT2D eigenvalue weighted by molar-refractivity contribution is -0.124. The minimum Gasteiger partial charge on any atom is -0.398 e. The van der Waals surface area contributed by atoms with Gasteiger partial charge >= 0.3 is 0 Å². The highest BCUT2D eigenvalue weighted by Gasteiger charge is 2.28. The first-order chi connectivity index (χ1) is 22.3. The highest BCUT2D eigenvalue weighted by atomic mass is 16.5. The van der Waals surface area contributed by atoms with Gasteiger partial charge in [0.25, 0.3) is 0 Å². The number of nitrogens with two attached hydrogens (primary N) is 2. The molecule has 1 heterocycles. The number of ether oxygens (including phenoxy) is 2. The summed E-state index contributed by atoms with van der Waals surface area (Å²) in [5.74, 6) is 0.732. The lowest BCUT2D eigenvalue weighted by Crippen LogP contribution is -2.31. The molecule has 0 saturated carbocycles. The summed E-state index contributed by atoms with van der Waals surface area (Å²) in [6.45, 7) is 7.20. The summed E-state index contributed by atoms with van der Waals surface area (Å²) in [5.41, 5.74) is 17.0. The van der Waals surface area contributed by atoms with E-state index in [1.807, 2.05) is 69.6 Å². The molecule has 1 aliphatic carbocycles. The summed E-state index contributed by atoms with van der Waals surface area (Å²) in [6, 6.07) is 9.99. The maximum Gasteiger partial charge on any atom is 0.229 e. The van der Waals surface area contributed by atoms with Crippen LogP contribution in [0.3, 0.4) is 0 Å². The topological polar surface area (TPSA) is 182 Å². The van der Waals surface area contributed by atoms with Gasteiger partial charge in [-0.2, -0.15) is 0 Å². The molecule has 46 heavy (non-hydrogen) atoms. The molecule has 7 N–H and O–H groups in total. The number of allylic oxidation sites excluding steroid dienone is 2. The van der Waals surface area contributed by atoms with Gasteiger partial charge in [-0.3, -0.25) is 9.59 Å². The number of benzene rings is 2. The van der Waals surface area contributed by atoms with Crippen molar-refractivity contribution in [2.24, 2.45) is 22.6 Å². The number of nitrogens with zero attached hydrogens (tertiary/aromatic N) is 1. The van der Waals surface area contributed by atoms with Crippen LogP contribution in [0.2, 0.25) is 0 Å². The van der Waals surface area contributed by atoms with Crippen LogP contribution in [-0.4, -0.2) is 71.1 Å². The Balaban J connectivity index is 0.000000437. The zero-order chi connectivity index (χ0) is 33.7. The lowest BCUT2D eigenvalue weighted by Gasteiger charge is -2.15. The number of anilines is 1. The van der Waals surface area contributed by atoms with Gasteiger partial charge in [-0.15, -0.1) is 0 Å². The molecule has 11 heteroatoms. The van der Waals surface area contributed by atoms with Crippen molar-refractivity contribution in [2.75, 3.05) is 45.8 Å². The van der Waals surface area contributed by atoms with Crippen LogP contribution in [0.15, 0.2) is 59.4 Å². The van der Waals surface area contributed by atoms with Crippen LogP contribution in [0.25, 0.3) is 0 Å². The number of aliphatic imine (C=N–C) groups is 1. The first-order valence-corrected chi connectivity index (χ1v) is 15.3. The number of fused-ring (bicyclic) bond motifs is 1. The van der Waals surface area contributed by atoms with E-state index in [0.29, 0.717) is 50.8 Å². The number of aldehydes is 1. The molecule has 0 bridgehead atoms. The second kappa shape index (κ2) is 21.3. The van der Waals surface area contributed by atoms with Crippen LogP contribution in [0.1, 0.15) is 39.8 Å². The van der Waals surface area contributed by atoms with Crippen molar-refractivity contribution < 1.29 is 23.9 Å². The summed E-state index contributed by atoms with van der Waals surface area (Å²) >= 11 is 0. The summed E-state index contributed by atoms with van der Waals surface area (Å²) in [7, 11) is 1.90. The van der Waals surface area contributed by atoms with Crippen molar-refractivity contribution in [3.63, 3.8) is 0 Å². The van der Waals surface area contributed by atoms with Gasteiger partial charge < -0.3 is 41.8 Å². The van der Waals surface area contributed by atoms with E-state index in [4.69, 9.17) is 25.4 Å². The summed E-state index contributed by atoms with van der Waals surface area (Å²) in [6.07, 6.45) is 13.0. The minimum atomic E-state index is -0.0930. The molecular formula is C35H48N6O5. The third-order valence-corrected chi connectivity index (χ3v) is 7.32. The molecule has 1 aliphatic heterocycles. The van der Waals surface area contributed by atoms with E-state index in [0.717, 1.165) is 47.9 Å². The van der Waals surface area contributed by atoms with Crippen LogP contribution in [0.5, 0.6) is 0 Å². The van der Waals surface area contributed by atoms with Gasteiger partial charge in [0.05, 0.1) is 26.4 Å². The zero-order valence-electron chi connectivity index (χ0n) is 27.1. The fraction of sp³-hybridized carbons (Fsp3) is 0.400. The molecular weight excluding hydrogens is 584 g/mol. The molecule has 4 rings (SSSR count). The molecule has 0 fully saturated rings. The SMILES string of the molecule is CNCCOCCOC/C=C/C1C=NC(NC(=O)C2Cc3ccc(CC=O)cc3C2)=CC1.Cc1cc(C)c(N)c(C=N)c1.NC=O. The standard InChI is InChI=1S/C25H33N3O4.C9H12N2.CH3NO/c1-26-9-12-32-14-13-31-11-2-3-20-5-7-24(27-18-20)28-25(30)23-16-21-6-4-19(8-10-29)15-22(21)17-23;1-6-3-7(2)9(11)8(4-6)5-10;2-1-3/h2-4,6-7,10,15,18,20,23,26H,5,8-9,11-14,16-17H2,1H3,(H,28,30);3-5,10H,11H2,1-2H3;1H,(H2,2,3)/b3-2+;;. The van der Waals surface area contributed by atoms with Crippen LogP contribution < -0.4 is 22.1 Å². The van der Waals surface area contributed by atoms with Crippen molar-refractivity contribution in [1.82, 2.24) is 10.6 Å². The highest BCUT2D eigenvalue weighted by molar-refractivity contribution is 5.86. The number of nitrogen functional groups attached to an aromatic ring is 1. The molecule has 0 saturated heterocycles. The van der Waals surface area contributed by atoms with Gasteiger partial charge in [0.15, 0.2) is 0 Å². The number of aryl methyl sites for hydroxylation is 2. The van der Waals surface area contributed by atoms with Crippen LogP contribution in [-0.2, 0) is 43.1 Å². The maximum absolute atomic E-state index is 12.7. The Bertz CT molecular complexity index is 1390. The van der Waals surface area contributed by atoms with E-state index < -0.39 is 0 Å². The fourth-order valence-electron chi connectivity index (χ4n) is 4.96. The molecule has 2 aliphatic rings. The second-order valence-electron chi connectivity index (χ2n) is 10.9. The average Bonchev–Trinajstić information content (AvgIpc) is 3.47. The number of likely N-dealkylation sites (N-methyl/N-ethyl adjacent to an activating group) is 1. The van der Waals surface area contributed by atoms with Crippen molar-refractivity contribution in [1.29, 1.82) is 5.41 Å². The molecule has 2 unspecified atom stereocenters. The second-order valence-corrected chi connectivity index (χ2v) is 10.9. The number of carbonyl (C=O) groups is 3. The number of hydrogen-bond donors (Lipinski definition) is 5. The molecule has 2 atom stereocenters. The number of rotatable bonds is 14. The number of carbonyl (C=O) groups excluding carboxylic acids is 3. The summed E-state index contributed by atoms with van der Waals surface area (Å²) < 4.78 is 10.9. The van der Waals surface area contributed by atoms with Crippen molar-refractivity contribution in [3.8, 4) is 0 Å². The quantitative estimate of drug-likeness (QED) is 0.0697. The Morgan fingerprint density at radius 1 is 1.09 bits per heavy atom. The highest BCUT2D eigenvalue weighted by Crippen LogP contribution is 2.28. The third-order valence-electron chi connectivity index (χ3n) is 7.32. The van der Waals surface area contributed by atoms with Crippen molar-refractivity contribution >= 4 is 36.7 Å². The Morgan fingerprint density at radius 3 is 2.50 bits per heavy atom. The molecule has 2 aromatic carbocycles. The Morgan fingerprint density at radius 2 is 1.83 bits per heavy atom. The molecule has 2 amide bonds. The van der Waals surface area contributed by atoms with E-state index >= 15 is 0 Å². The van der Waals surface area contributed by atoms with E-state index in [-0.39, 0.29) is 24.2 Å². The third kappa shape index (κ3) is 13.3. The number of primary amides is 1. The molecule has 0 spiro atoms. The molecule has 11 nitrogen and oxygen atoms in total. The van der Waals surface area contributed by atoms with Crippen LogP contribution in [0.4, 0.5) is 5.69 Å². The Kier molecular flexibility index (Phi) is 17.5. The Hall–Kier alpha value is -4.45. The molecule has 0 aromatic heterocycles. The average molecular weight is 633 g/mol. The number of nitrogens with one attached hydrogen (secondary N) is 3. The molecule has 2 aromatic rings. The van der Waals surface area contributed by atoms with Gasteiger partial charge in [0.1, 0.15) is 12.1 Å². The zero-order valence-corrected chi connectivity index (χ0v) is 27.1. The number of hydrogen-bond acceptors (Lipinski definition) is 9. The monoisotopic (exact) mass is 632 g/mol. The predicted molar refractivity (Wildman–Crippen MR) is 183 cm³/mol. The summed E-state index contributed by atoms with van der Waals surface area (Å²) in [5, 5.41) is 13.1. The minimum absolute atomic E-state index is 0.000802. The first-order valence-electron chi connectivity index (χ1n) is 15.3. The van der Waals surface area contributed by atoms with Crippen LogP contribution >= 0.6 is 0 Å². The van der Waals surface area contributed by atoms with Crippen LogP contribution in [0, 0.1) is 31.1 Å². The fourth-order valence-corrected chi connectivity index (χ4v) is 4.96. The van der Waals surface area contributed by atoms with Crippen molar-refractivity contribution in [3.05, 3.63) is 87.8 Å². The van der Waals surface area contributed by atoms with Gasteiger partial charge in [-0.25, -0.2) is 4.99 Å².